The number of anilines is 2. The first-order valence-corrected chi connectivity index (χ1v) is 10.7. The van der Waals surface area contributed by atoms with Gasteiger partial charge in [0.05, 0.1) is 12.1 Å². The Hall–Kier alpha value is -3.56. The van der Waals surface area contributed by atoms with E-state index in [4.69, 9.17) is 0 Å². The largest absolute Gasteiger partial charge is 0.320 e. The number of hydrogen-bond acceptors (Lipinski definition) is 4. The highest BCUT2D eigenvalue weighted by Crippen LogP contribution is 2.48. The van der Waals surface area contributed by atoms with Crippen molar-refractivity contribution < 1.29 is 22.0 Å². The van der Waals surface area contributed by atoms with E-state index in [1.165, 1.54) is 16.8 Å². The molecule has 1 aliphatic rings. The smallest absolute Gasteiger partial charge is 0.257 e. The molecule has 2 aromatic carbocycles. The lowest BCUT2D eigenvalue weighted by molar-refractivity contribution is 0.158. The van der Waals surface area contributed by atoms with Gasteiger partial charge in [0.15, 0.2) is 5.82 Å². The Bertz CT molecular complexity index is 1440. The molecule has 0 spiro atoms. The zero-order valence-electron chi connectivity index (χ0n) is 18.4. The highest BCUT2D eigenvalue weighted by molar-refractivity contribution is 5.94. The molecule has 0 aliphatic heterocycles. The van der Waals surface area contributed by atoms with E-state index >= 15 is 0 Å². The number of allylic oxidation sites excluding steroid dienone is 2. The van der Waals surface area contributed by atoms with Crippen LogP contribution in [0, 0.1) is 22.9 Å². The van der Waals surface area contributed by atoms with Gasteiger partial charge in [-0.05, 0) is 60.6 Å². The van der Waals surface area contributed by atoms with Crippen molar-refractivity contribution in [3.63, 3.8) is 0 Å². The summed E-state index contributed by atoms with van der Waals surface area (Å²) in [6.07, 6.45) is 2.44. The molecule has 0 radical (unpaired) electrons. The molecule has 5 rings (SSSR count). The van der Waals surface area contributed by atoms with Gasteiger partial charge in [-0.3, -0.25) is 4.40 Å². The Kier molecular flexibility index (Phi) is 5.26. The van der Waals surface area contributed by atoms with Gasteiger partial charge >= 0.3 is 0 Å². The SMILES string of the molecule is CC(=CC1(C)CC1)c1cc(F)cc(N(CC(F)F)c2nc3nncn3c3c(F)cc(F)cc23)c1. The number of fused-ring (bicyclic) bond motifs is 3. The van der Waals surface area contributed by atoms with Crippen molar-refractivity contribution >= 4 is 33.8 Å². The third-order valence-electron chi connectivity index (χ3n) is 6.08. The van der Waals surface area contributed by atoms with Crippen molar-refractivity contribution in [2.45, 2.75) is 33.1 Å². The summed E-state index contributed by atoms with van der Waals surface area (Å²) in [5.41, 5.74) is 1.32. The van der Waals surface area contributed by atoms with Gasteiger partial charge < -0.3 is 4.90 Å². The molecule has 10 heteroatoms. The molecule has 0 bridgehead atoms. The van der Waals surface area contributed by atoms with Crippen LogP contribution >= 0.6 is 0 Å². The number of alkyl halides is 2. The Morgan fingerprint density at radius 1 is 1.12 bits per heavy atom. The maximum absolute atomic E-state index is 14.8. The van der Waals surface area contributed by atoms with Gasteiger partial charge in [-0.2, -0.15) is 4.98 Å². The average molecular weight is 473 g/mol. The minimum atomic E-state index is -2.85. The molecule has 1 fully saturated rings. The standard InChI is InChI=1S/C24H20F5N5/c1-13(10-24(2)3-4-24)14-5-15(25)7-17(6-14)33(11-20(28)29)22-18-8-16(26)9-19(27)21(18)34-12-30-32-23(34)31-22/h5-10,12,20H,3-4,11H2,1-2H3. The number of halogens is 5. The molecule has 1 saturated carbocycles. The fourth-order valence-electron chi connectivity index (χ4n) is 4.16. The Morgan fingerprint density at radius 2 is 1.85 bits per heavy atom. The van der Waals surface area contributed by atoms with E-state index in [0.29, 0.717) is 11.6 Å². The van der Waals surface area contributed by atoms with Gasteiger partial charge in [-0.1, -0.05) is 13.0 Å². The van der Waals surface area contributed by atoms with Crippen LogP contribution in [0.5, 0.6) is 0 Å². The van der Waals surface area contributed by atoms with Crippen molar-refractivity contribution in [1.29, 1.82) is 0 Å². The molecule has 176 valence electrons. The Labute approximate surface area is 191 Å². The molecule has 1 aliphatic carbocycles. The highest BCUT2D eigenvalue weighted by Gasteiger charge is 2.35. The van der Waals surface area contributed by atoms with Gasteiger partial charge in [0.2, 0.25) is 0 Å². The molecule has 0 saturated heterocycles. The van der Waals surface area contributed by atoms with Crippen LogP contribution in [0.2, 0.25) is 0 Å². The van der Waals surface area contributed by atoms with Gasteiger partial charge in [0, 0.05) is 17.1 Å². The third kappa shape index (κ3) is 4.08. The summed E-state index contributed by atoms with van der Waals surface area (Å²) in [6.45, 7) is 3.04. The number of aromatic nitrogens is 4. The fraction of sp³-hybridized carbons (Fsp3) is 0.292. The first-order valence-electron chi connectivity index (χ1n) is 10.7. The molecule has 4 aromatic rings. The maximum atomic E-state index is 14.8. The first kappa shape index (κ1) is 22.2. The van der Waals surface area contributed by atoms with Crippen LogP contribution in [0.3, 0.4) is 0 Å². The Balaban J connectivity index is 1.74. The topological polar surface area (TPSA) is 46.3 Å². The molecular formula is C24H20F5N5. The second kappa shape index (κ2) is 8.03. The van der Waals surface area contributed by atoms with Gasteiger partial charge in [0.1, 0.15) is 23.8 Å². The summed E-state index contributed by atoms with van der Waals surface area (Å²) < 4.78 is 72.3. The van der Waals surface area contributed by atoms with Crippen molar-refractivity contribution in [2.24, 2.45) is 5.41 Å². The lowest BCUT2D eigenvalue weighted by Gasteiger charge is -2.26. The van der Waals surface area contributed by atoms with Gasteiger partial charge in [0.25, 0.3) is 12.2 Å². The van der Waals surface area contributed by atoms with Crippen LogP contribution in [0.15, 0.2) is 42.7 Å². The van der Waals surface area contributed by atoms with Crippen LogP contribution in [0.25, 0.3) is 22.3 Å². The van der Waals surface area contributed by atoms with Crippen LogP contribution in [-0.2, 0) is 0 Å². The minimum absolute atomic E-state index is 0.0464. The van der Waals surface area contributed by atoms with Gasteiger partial charge in [-0.25, -0.2) is 22.0 Å². The quantitative estimate of drug-likeness (QED) is 0.308. The van der Waals surface area contributed by atoms with E-state index in [1.54, 1.807) is 6.07 Å². The number of hydrogen-bond donors (Lipinski definition) is 0. The fourth-order valence-corrected chi connectivity index (χ4v) is 4.16. The number of rotatable bonds is 6. The van der Waals surface area contributed by atoms with Crippen LogP contribution < -0.4 is 4.90 Å². The van der Waals surface area contributed by atoms with Crippen LogP contribution in [0.1, 0.15) is 32.3 Å². The molecule has 0 amide bonds. The highest BCUT2D eigenvalue weighted by atomic mass is 19.3. The zero-order valence-corrected chi connectivity index (χ0v) is 18.4. The minimum Gasteiger partial charge on any atom is -0.320 e. The number of benzene rings is 2. The first-order chi connectivity index (χ1) is 16.1. The van der Waals surface area contributed by atoms with Crippen molar-refractivity contribution in [3.05, 3.63) is 65.8 Å². The lowest BCUT2D eigenvalue weighted by atomic mass is 9.99. The van der Waals surface area contributed by atoms with Crippen molar-refractivity contribution in [1.82, 2.24) is 19.6 Å². The lowest BCUT2D eigenvalue weighted by Crippen LogP contribution is -2.26. The van der Waals surface area contributed by atoms with Crippen molar-refractivity contribution in [3.8, 4) is 0 Å². The summed E-state index contributed by atoms with van der Waals surface area (Å²) in [6, 6.07) is 5.66. The molecule has 2 heterocycles. The zero-order chi connectivity index (χ0) is 24.2. The molecule has 2 aromatic heterocycles. The molecule has 34 heavy (non-hydrogen) atoms. The van der Waals surface area contributed by atoms with Crippen LogP contribution in [-0.4, -0.2) is 32.6 Å². The number of nitrogens with zero attached hydrogens (tertiary/aromatic N) is 5. The summed E-state index contributed by atoms with van der Waals surface area (Å²) in [7, 11) is 0. The van der Waals surface area contributed by atoms with Crippen molar-refractivity contribution in [2.75, 3.05) is 11.4 Å². The van der Waals surface area contributed by atoms with E-state index in [0.717, 1.165) is 35.4 Å². The van der Waals surface area contributed by atoms with E-state index in [1.807, 2.05) is 13.0 Å². The van der Waals surface area contributed by atoms with E-state index < -0.39 is 30.4 Å². The summed E-state index contributed by atoms with van der Waals surface area (Å²) in [4.78, 5) is 5.32. The predicted octanol–water partition coefficient (Wildman–Crippen LogP) is 6.30. The maximum Gasteiger partial charge on any atom is 0.257 e. The molecular weight excluding hydrogens is 453 g/mol. The second-order valence-corrected chi connectivity index (χ2v) is 8.90. The third-order valence-corrected chi connectivity index (χ3v) is 6.08. The summed E-state index contributed by atoms with van der Waals surface area (Å²) in [5, 5.41) is 7.42. The molecule has 0 N–H and O–H groups in total. The van der Waals surface area contributed by atoms with Gasteiger partial charge in [-0.15, -0.1) is 10.2 Å². The second-order valence-electron chi connectivity index (χ2n) is 8.90. The van der Waals surface area contributed by atoms with Crippen LogP contribution in [0.4, 0.5) is 33.5 Å². The van der Waals surface area contributed by atoms with E-state index in [-0.39, 0.29) is 33.6 Å². The molecule has 0 atom stereocenters. The normalized spacial score (nSPS) is 15.5. The Morgan fingerprint density at radius 3 is 2.56 bits per heavy atom. The molecule has 0 unspecified atom stereocenters. The summed E-state index contributed by atoms with van der Waals surface area (Å²) in [5.74, 6) is -2.72. The molecule has 5 nitrogen and oxygen atoms in total. The average Bonchev–Trinajstić information content (AvgIpc) is 3.28. The van der Waals surface area contributed by atoms with E-state index in [9.17, 15) is 22.0 Å². The summed E-state index contributed by atoms with van der Waals surface area (Å²) >= 11 is 0. The monoisotopic (exact) mass is 473 g/mol. The van der Waals surface area contributed by atoms with E-state index in [2.05, 4.69) is 22.1 Å². The predicted molar refractivity (Wildman–Crippen MR) is 119 cm³/mol.